The van der Waals surface area contributed by atoms with Crippen LogP contribution >= 0.6 is 0 Å². The van der Waals surface area contributed by atoms with Gasteiger partial charge < -0.3 is 15.2 Å². The molecule has 0 spiro atoms. The average Bonchev–Trinajstić information content (AvgIpc) is 2.34. The average molecular weight is 243 g/mol. The second-order valence-corrected chi connectivity index (χ2v) is 5.19. The maximum absolute atomic E-state index is 11.5. The van der Waals surface area contributed by atoms with Crippen LogP contribution in [0.25, 0.3) is 0 Å². The Hall–Kier alpha value is -0.610. The molecule has 0 bridgehead atoms. The van der Waals surface area contributed by atoms with Gasteiger partial charge in [0, 0.05) is 6.54 Å². The third-order valence-corrected chi connectivity index (χ3v) is 3.28. The molecular weight excluding hydrogens is 218 g/mol. The number of amides is 1. The van der Waals surface area contributed by atoms with Gasteiger partial charge in [-0.15, -0.1) is 0 Å². The molecule has 1 saturated carbocycles. The van der Waals surface area contributed by atoms with Crippen LogP contribution in [0.4, 0.5) is 0 Å². The zero-order valence-corrected chi connectivity index (χ0v) is 10.9. The Bertz CT molecular complexity index is 225. The zero-order valence-electron chi connectivity index (χ0n) is 10.9. The van der Waals surface area contributed by atoms with Crippen LogP contribution in [-0.4, -0.2) is 36.4 Å². The highest BCUT2D eigenvalue weighted by Gasteiger charge is 2.16. The van der Waals surface area contributed by atoms with Gasteiger partial charge in [-0.05, 0) is 18.8 Å². The Balaban J connectivity index is 2.08. The number of aliphatic hydroxyl groups is 1. The number of carbonyl (C=O) groups is 1. The molecule has 1 unspecified atom stereocenters. The van der Waals surface area contributed by atoms with Crippen molar-refractivity contribution in [3.63, 3.8) is 0 Å². The van der Waals surface area contributed by atoms with Crippen LogP contribution in [0.1, 0.15) is 46.0 Å². The summed E-state index contributed by atoms with van der Waals surface area (Å²) in [7, 11) is 0. The third kappa shape index (κ3) is 6.03. The summed E-state index contributed by atoms with van der Waals surface area (Å²) in [4.78, 5) is 11.5. The van der Waals surface area contributed by atoms with Crippen molar-refractivity contribution >= 4 is 5.91 Å². The van der Waals surface area contributed by atoms with Crippen LogP contribution in [-0.2, 0) is 9.53 Å². The van der Waals surface area contributed by atoms with E-state index in [1.807, 2.05) is 13.8 Å². The lowest BCUT2D eigenvalue weighted by Gasteiger charge is -2.22. The molecule has 0 aliphatic heterocycles. The van der Waals surface area contributed by atoms with Gasteiger partial charge in [0.15, 0.2) is 0 Å². The van der Waals surface area contributed by atoms with Crippen LogP contribution in [0.2, 0.25) is 0 Å². The van der Waals surface area contributed by atoms with E-state index in [9.17, 15) is 9.90 Å². The van der Waals surface area contributed by atoms with Crippen molar-refractivity contribution in [3.05, 3.63) is 0 Å². The van der Waals surface area contributed by atoms with Crippen LogP contribution < -0.4 is 5.32 Å². The zero-order chi connectivity index (χ0) is 12.7. The van der Waals surface area contributed by atoms with Gasteiger partial charge in [0.05, 0.1) is 12.2 Å². The van der Waals surface area contributed by atoms with E-state index >= 15 is 0 Å². The van der Waals surface area contributed by atoms with E-state index in [0.717, 1.165) is 12.8 Å². The number of aliphatic hydroxyl groups excluding tert-OH is 1. The van der Waals surface area contributed by atoms with Gasteiger partial charge in [0.2, 0.25) is 5.91 Å². The fourth-order valence-electron chi connectivity index (χ4n) is 1.93. The number of nitrogens with one attached hydrogen (secondary N) is 1. The molecule has 1 aliphatic rings. The van der Waals surface area contributed by atoms with E-state index in [4.69, 9.17) is 4.74 Å². The summed E-state index contributed by atoms with van der Waals surface area (Å²) in [6.07, 6.45) is 5.62. The number of ether oxygens (including phenoxy) is 1. The fourth-order valence-corrected chi connectivity index (χ4v) is 1.93. The maximum Gasteiger partial charge on any atom is 0.246 e. The molecule has 100 valence electrons. The molecule has 0 saturated heterocycles. The van der Waals surface area contributed by atoms with Gasteiger partial charge in [-0.3, -0.25) is 4.79 Å². The summed E-state index contributed by atoms with van der Waals surface area (Å²) in [5.41, 5.74) is 0. The minimum Gasteiger partial charge on any atom is -0.391 e. The predicted octanol–water partition coefficient (Wildman–Crippen LogP) is 1.47. The first-order valence-corrected chi connectivity index (χ1v) is 6.66. The van der Waals surface area contributed by atoms with Crippen molar-refractivity contribution in [1.82, 2.24) is 5.32 Å². The molecule has 4 heteroatoms. The van der Waals surface area contributed by atoms with Gasteiger partial charge in [-0.2, -0.15) is 0 Å². The summed E-state index contributed by atoms with van der Waals surface area (Å²) < 4.78 is 5.54. The molecule has 17 heavy (non-hydrogen) atoms. The van der Waals surface area contributed by atoms with Gasteiger partial charge >= 0.3 is 0 Å². The smallest absolute Gasteiger partial charge is 0.246 e. The minimum atomic E-state index is -0.478. The molecule has 0 aromatic rings. The van der Waals surface area contributed by atoms with Crippen molar-refractivity contribution in [3.8, 4) is 0 Å². The monoisotopic (exact) mass is 243 g/mol. The van der Waals surface area contributed by atoms with E-state index in [2.05, 4.69) is 5.32 Å². The van der Waals surface area contributed by atoms with Crippen LogP contribution in [0, 0.1) is 5.92 Å². The standard InChI is InChI=1S/C13H25NO3/c1-10(2)12(15)8-14-13(16)9-17-11-6-4-3-5-7-11/h10-12,15H,3-9H2,1-2H3,(H,14,16). The fraction of sp³-hybridized carbons (Fsp3) is 0.923. The topological polar surface area (TPSA) is 58.6 Å². The van der Waals surface area contributed by atoms with E-state index in [1.165, 1.54) is 19.3 Å². The van der Waals surface area contributed by atoms with Crippen molar-refractivity contribution < 1.29 is 14.6 Å². The lowest BCUT2D eigenvalue weighted by atomic mass is 9.98. The number of hydrogen-bond acceptors (Lipinski definition) is 3. The maximum atomic E-state index is 11.5. The first-order chi connectivity index (χ1) is 8.09. The van der Waals surface area contributed by atoms with Crippen LogP contribution in [0.15, 0.2) is 0 Å². The Morgan fingerprint density at radius 1 is 1.35 bits per heavy atom. The van der Waals surface area contributed by atoms with Crippen LogP contribution in [0.5, 0.6) is 0 Å². The highest BCUT2D eigenvalue weighted by molar-refractivity contribution is 5.77. The molecule has 1 atom stereocenters. The molecule has 1 rings (SSSR count). The Labute approximate surface area is 104 Å². The Morgan fingerprint density at radius 3 is 2.59 bits per heavy atom. The highest BCUT2D eigenvalue weighted by atomic mass is 16.5. The summed E-state index contributed by atoms with van der Waals surface area (Å²) in [6, 6.07) is 0. The summed E-state index contributed by atoms with van der Waals surface area (Å²) in [5, 5.41) is 12.2. The lowest BCUT2D eigenvalue weighted by Crippen LogP contribution is -2.37. The van der Waals surface area contributed by atoms with E-state index in [-0.39, 0.29) is 24.5 Å². The molecule has 2 N–H and O–H groups in total. The van der Waals surface area contributed by atoms with Gasteiger partial charge in [-0.25, -0.2) is 0 Å². The molecule has 0 heterocycles. The largest absolute Gasteiger partial charge is 0.391 e. The SMILES string of the molecule is CC(C)C(O)CNC(=O)COC1CCCCC1. The van der Waals surface area contributed by atoms with Crippen LogP contribution in [0.3, 0.4) is 0 Å². The third-order valence-electron chi connectivity index (χ3n) is 3.28. The Morgan fingerprint density at radius 2 is 2.00 bits per heavy atom. The first kappa shape index (κ1) is 14.5. The van der Waals surface area contributed by atoms with Gasteiger partial charge in [0.25, 0.3) is 0 Å². The molecule has 0 aromatic heterocycles. The number of hydrogen-bond donors (Lipinski definition) is 2. The highest BCUT2D eigenvalue weighted by Crippen LogP contribution is 2.19. The molecule has 1 aliphatic carbocycles. The minimum absolute atomic E-state index is 0.121. The summed E-state index contributed by atoms with van der Waals surface area (Å²) in [5.74, 6) is 0.0323. The molecule has 0 aromatic carbocycles. The molecule has 4 nitrogen and oxygen atoms in total. The van der Waals surface area contributed by atoms with Crippen molar-refractivity contribution in [2.75, 3.05) is 13.2 Å². The molecule has 1 fully saturated rings. The molecule has 1 amide bonds. The molecule has 0 radical (unpaired) electrons. The van der Waals surface area contributed by atoms with Gasteiger partial charge in [-0.1, -0.05) is 33.1 Å². The van der Waals surface area contributed by atoms with Gasteiger partial charge in [0.1, 0.15) is 6.61 Å². The normalized spacial score (nSPS) is 19.3. The second-order valence-electron chi connectivity index (χ2n) is 5.19. The summed E-state index contributed by atoms with van der Waals surface area (Å²) >= 11 is 0. The predicted molar refractivity (Wildman–Crippen MR) is 66.7 cm³/mol. The quantitative estimate of drug-likeness (QED) is 0.742. The lowest BCUT2D eigenvalue weighted by molar-refractivity contribution is -0.128. The first-order valence-electron chi connectivity index (χ1n) is 6.66. The van der Waals surface area contributed by atoms with E-state index in [0.29, 0.717) is 6.54 Å². The number of carbonyl (C=O) groups excluding carboxylic acids is 1. The van der Waals surface area contributed by atoms with Crippen molar-refractivity contribution in [2.45, 2.75) is 58.2 Å². The number of rotatable bonds is 6. The second kappa shape index (κ2) is 7.67. The Kier molecular flexibility index (Phi) is 6.52. The van der Waals surface area contributed by atoms with E-state index < -0.39 is 6.10 Å². The van der Waals surface area contributed by atoms with E-state index in [1.54, 1.807) is 0 Å². The van der Waals surface area contributed by atoms with Crippen molar-refractivity contribution in [2.24, 2.45) is 5.92 Å². The summed E-state index contributed by atoms with van der Waals surface area (Å²) in [6.45, 7) is 4.28. The van der Waals surface area contributed by atoms with Crippen molar-refractivity contribution in [1.29, 1.82) is 0 Å². The molecular formula is C13H25NO3.